The van der Waals surface area contributed by atoms with E-state index < -0.39 is 5.60 Å². The predicted octanol–water partition coefficient (Wildman–Crippen LogP) is 3.79. The number of piperidine rings is 1. The van der Waals surface area contributed by atoms with Crippen LogP contribution in [-0.4, -0.2) is 41.2 Å². The number of hydrogen-bond donors (Lipinski definition) is 1. The number of carbonyl (C=O) groups is 1. The van der Waals surface area contributed by atoms with E-state index in [0.29, 0.717) is 11.1 Å². The molecule has 6 heteroatoms. The van der Waals surface area contributed by atoms with Crippen LogP contribution >= 0.6 is 11.6 Å². The Bertz CT molecular complexity index is 508. The number of pyridine rings is 1. The molecule has 0 aliphatic carbocycles. The molecule has 1 aromatic rings. The van der Waals surface area contributed by atoms with E-state index in [0.717, 1.165) is 38.3 Å². The highest BCUT2D eigenvalue weighted by Crippen LogP contribution is 2.20. The van der Waals surface area contributed by atoms with Gasteiger partial charge in [-0.3, -0.25) is 0 Å². The Kier molecular flexibility index (Phi) is 5.51. The van der Waals surface area contributed by atoms with Gasteiger partial charge in [-0.15, -0.1) is 0 Å². The number of nitrogens with one attached hydrogen (secondary N) is 1. The first kappa shape index (κ1) is 16.9. The smallest absolute Gasteiger partial charge is 0.410 e. The maximum absolute atomic E-state index is 12.0. The minimum atomic E-state index is -0.437. The lowest BCUT2D eigenvalue weighted by atomic mass is 9.97. The van der Waals surface area contributed by atoms with E-state index in [9.17, 15) is 4.79 Å². The van der Waals surface area contributed by atoms with Crippen LogP contribution in [0.3, 0.4) is 0 Å². The number of aromatic nitrogens is 1. The van der Waals surface area contributed by atoms with Crippen LogP contribution in [0.1, 0.15) is 33.6 Å². The molecule has 0 bridgehead atoms. The summed E-state index contributed by atoms with van der Waals surface area (Å²) in [6, 6.07) is 5.54. The highest BCUT2D eigenvalue weighted by atomic mass is 35.5. The molecule has 0 aromatic carbocycles. The number of rotatable bonds is 3. The summed E-state index contributed by atoms with van der Waals surface area (Å²) in [6.07, 6.45) is 1.72. The number of nitrogens with zero attached hydrogens (tertiary/aromatic N) is 2. The van der Waals surface area contributed by atoms with E-state index in [-0.39, 0.29) is 6.09 Å². The summed E-state index contributed by atoms with van der Waals surface area (Å²) in [5.74, 6) is 1.32. The van der Waals surface area contributed by atoms with Crippen molar-refractivity contribution in [2.75, 3.05) is 25.0 Å². The Hall–Kier alpha value is -1.49. The fourth-order valence-corrected chi connectivity index (χ4v) is 2.57. The second kappa shape index (κ2) is 7.18. The Morgan fingerprint density at radius 3 is 2.68 bits per heavy atom. The lowest BCUT2D eigenvalue weighted by molar-refractivity contribution is 0.0188. The van der Waals surface area contributed by atoms with Gasteiger partial charge in [-0.2, -0.15) is 0 Å². The number of hydrogen-bond acceptors (Lipinski definition) is 4. The maximum Gasteiger partial charge on any atom is 0.410 e. The minimum Gasteiger partial charge on any atom is -0.444 e. The van der Waals surface area contributed by atoms with E-state index in [2.05, 4.69) is 10.3 Å². The molecule has 0 atom stereocenters. The summed E-state index contributed by atoms with van der Waals surface area (Å²) in [5.41, 5.74) is -0.437. The van der Waals surface area contributed by atoms with Crippen LogP contribution in [0.15, 0.2) is 18.2 Å². The van der Waals surface area contributed by atoms with Crippen LogP contribution in [0.4, 0.5) is 10.6 Å². The molecule has 0 spiro atoms. The first-order chi connectivity index (χ1) is 10.3. The van der Waals surface area contributed by atoms with Crippen LogP contribution in [0.25, 0.3) is 0 Å². The molecule has 2 rings (SSSR count). The van der Waals surface area contributed by atoms with Gasteiger partial charge in [-0.1, -0.05) is 17.7 Å². The normalized spacial score (nSPS) is 16.5. The second-order valence-corrected chi connectivity index (χ2v) is 7.02. The molecule has 5 nitrogen and oxygen atoms in total. The van der Waals surface area contributed by atoms with Crippen LogP contribution in [0, 0.1) is 5.92 Å². The topological polar surface area (TPSA) is 54.5 Å². The van der Waals surface area contributed by atoms with Gasteiger partial charge in [0.25, 0.3) is 0 Å². The molecule has 1 N–H and O–H groups in total. The van der Waals surface area contributed by atoms with Crippen LogP contribution in [-0.2, 0) is 4.74 Å². The lowest BCUT2D eigenvalue weighted by Gasteiger charge is -2.33. The molecule has 0 radical (unpaired) electrons. The standard InChI is InChI=1S/C16H24ClN3O2/c1-16(2,3)22-15(21)20-9-7-12(8-10-20)11-18-14-6-4-5-13(17)19-14/h4-6,12H,7-11H2,1-3H3,(H,18,19). The quantitative estimate of drug-likeness (QED) is 0.859. The van der Waals surface area contributed by atoms with Crippen molar-refractivity contribution in [1.29, 1.82) is 0 Å². The van der Waals surface area contributed by atoms with E-state index in [4.69, 9.17) is 16.3 Å². The zero-order valence-corrected chi connectivity index (χ0v) is 14.2. The number of carbonyl (C=O) groups excluding carboxylic acids is 1. The molecule has 0 saturated carbocycles. The SMILES string of the molecule is CC(C)(C)OC(=O)N1CCC(CNc2cccc(Cl)n2)CC1. The molecule has 1 aliphatic rings. The summed E-state index contributed by atoms with van der Waals surface area (Å²) >= 11 is 5.86. The highest BCUT2D eigenvalue weighted by Gasteiger charge is 2.26. The van der Waals surface area contributed by atoms with Gasteiger partial charge in [0.05, 0.1) is 0 Å². The zero-order chi connectivity index (χ0) is 16.2. The van der Waals surface area contributed by atoms with Crippen LogP contribution < -0.4 is 5.32 Å². The molecule has 1 amide bonds. The minimum absolute atomic E-state index is 0.213. The predicted molar refractivity (Wildman–Crippen MR) is 88.3 cm³/mol. The van der Waals surface area contributed by atoms with Gasteiger partial charge < -0.3 is 15.0 Å². The number of amides is 1. The monoisotopic (exact) mass is 325 g/mol. The van der Waals surface area contributed by atoms with E-state index in [1.165, 1.54) is 0 Å². The number of likely N-dealkylation sites (tertiary alicyclic amines) is 1. The third-order valence-corrected chi connectivity index (χ3v) is 3.76. The van der Waals surface area contributed by atoms with Crippen LogP contribution in [0.2, 0.25) is 5.15 Å². The summed E-state index contributed by atoms with van der Waals surface area (Å²) < 4.78 is 5.40. The Morgan fingerprint density at radius 2 is 2.09 bits per heavy atom. The van der Waals surface area contributed by atoms with E-state index in [1.54, 1.807) is 11.0 Å². The molecule has 1 aromatic heterocycles. The zero-order valence-electron chi connectivity index (χ0n) is 13.4. The third-order valence-electron chi connectivity index (χ3n) is 3.55. The van der Waals surface area contributed by atoms with Gasteiger partial charge in [0, 0.05) is 19.6 Å². The molecular formula is C16H24ClN3O2. The van der Waals surface area contributed by atoms with Crippen molar-refractivity contribution in [2.45, 2.75) is 39.2 Å². The maximum atomic E-state index is 12.0. The van der Waals surface area contributed by atoms with Crippen LogP contribution in [0.5, 0.6) is 0 Å². The first-order valence-corrected chi connectivity index (χ1v) is 8.05. The summed E-state index contributed by atoms with van der Waals surface area (Å²) in [4.78, 5) is 18.0. The summed E-state index contributed by atoms with van der Waals surface area (Å²) in [5, 5.41) is 3.80. The Morgan fingerprint density at radius 1 is 1.41 bits per heavy atom. The van der Waals surface area contributed by atoms with Crippen molar-refractivity contribution < 1.29 is 9.53 Å². The summed E-state index contributed by atoms with van der Waals surface area (Å²) in [6.45, 7) is 7.99. The van der Waals surface area contributed by atoms with Gasteiger partial charge in [-0.05, 0) is 51.7 Å². The number of halogens is 1. The fraction of sp³-hybridized carbons (Fsp3) is 0.625. The van der Waals surface area contributed by atoms with Gasteiger partial charge in [0.15, 0.2) is 0 Å². The molecular weight excluding hydrogens is 302 g/mol. The first-order valence-electron chi connectivity index (χ1n) is 7.68. The molecule has 22 heavy (non-hydrogen) atoms. The fourth-order valence-electron chi connectivity index (χ4n) is 2.40. The van der Waals surface area contributed by atoms with Gasteiger partial charge >= 0.3 is 6.09 Å². The highest BCUT2D eigenvalue weighted by molar-refractivity contribution is 6.29. The van der Waals surface area contributed by atoms with E-state index in [1.807, 2.05) is 32.9 Å². The van der Waals surface area contributed by atoms with E-state index >= 15 is 0 Å². The second-order valence-electron chi connectivity index (χ2n) is 6.64. The summed E-state index contributed by atoms with van der Waals surface area (Å²) in [7, 11) is 0. The molecule has 1 fully saturated rings. The lowest BCUT2D eigenvalue weighted by Crippen LogP contribution is -2.42. The molecule has 1 saturated heterocycles. The average molecular weight is 326 g/mol. The molecule has 2 heterocycles. The Labute approximate surface area is 137 Å². The van der Waals surface area contributed by atoms with Gasteiger partial charge in [0.1, 0.15) is 16.6 Å². The van der Waals surface area contributed by atoms with Gasteiger partial charge in [0.2, 0.25) is 0 Å². The van der Waals surface area contributed by atoms with Crippen molar-refractivity contribution >= 4 is 23.5 Å². The van der Waals surface area contributed by atoms with Crippen molar-refractivity contribution in [3.63, 3.8) is 0 Å². The van der Waals surface area contributed by atoms with Gasteiger partial charge in [-0.25, -0.2) is 9.78 Å². The number of ether oxygens (including phenoxy) is 1. The van der Waals surface area contributed by atoms with Crippen molar-refractivity contribution in [1.82, 2.24) is 9.88 Å². The molecule has 1 aliphatic heterocycles. The Balaban J connectivity index is 1.74. The van der Waals surface area contributed by atoms with Crippen molar-refractivity contribution in [3.8, 4) is 0 Å². The molecule has 0 unspecified atom stereocenters. The average Bonchev–Trinajstić information content (AvgIpc) is 2.44. The largest absolute Gasteiger partial charge is 0.444 e. The molecule has 122 valence electrons. The van der Waals surface area contributed by atoms with Crippen molar-refractivity contribution in [3.05, 3.63) is 23.4 Å². The van der Waals surface area contributed by atoms with Crippen molar-refractivity contribution in [2.24, 2.45) is 5.92 Å². The number of anilines is 1. The third kappa shape index (κ3) is 5.37.